The van der Waals surface area contributed by atoms with Crippen LogP contribution in [0.5, 0.6) is 0 Å². The van der Waals surface area contributed by atoms with Crippen LogP contribution in [-0.2, 0) is 0 Å². The van der Waals surface area contributed by atoms with Gasteiger partial charge in [0, 0.05) is 6.04 Å². The number of hydrogen-bond acceptors (Lipinski definition) is 2. The van der Waals surface area contributed by atoms with Gasteiger partial charge < -0.3 is 0 Å². The minimum absolute atomic E-state index is 0.473. The number of hydrazine groups is 1. The van der Waals surface area contributed by atoms with E-state index in [0.29, 0.717) is 10.1 Å². The van der Waals surface area contributed by atoms with Crippen molar-refractivity contribution in [3.8, 4) is 0 Å². The van der Waals surface area contributed by atoms with E-state index in [-0.39, 0.29) is 0 Å². The molecule has 0 radical (unpaired) electrons. The lowest BCUT2D eigenvalue weighted by Crippen LogP contribution is -2.42. The zero-order chi connectivity index (χ0) is 7.56. The van der Waals surface area contributed by atoms with Gasteiger partial charge in [-0.3, -0.25) is 5.84 Å². The first-order chi connectivity index (χ1) is 4.72. The molecule has 0 aromatic heterocycles. The van der Waals surface area contributed by atoms with E-state index in [9.17, 15) is 0 Å². The highest BCUT2D eigenvalue weighted by molar-refractivity contribution is 14.1. The summed E-state index contributed by atoms with van der Waals surface area (Å²) in [5.74, 6) is 5.85. The van der Waals surface area contributed by atoms with Crippen LogP contribution in [0.2, 0.25) is 0 Å². The third-order valence-corrected chi connectivity index (χ3v) is 2.80. The van der Waals surface area contributed by atoms with Gasteiger partial charge in [0.05, 0.1) is 4.05 Å². The maximum absolute atomic E-state index is 5.85. The molecule has 0 saturated heterocycles. The lowest BCUT2D eigenvalue weighted by Gasteiger charge is -2.25. The van der Waals surface area contributed by atoms with E-state index in [1.54, 1.807) is 0 Å². The standard InChI is InChI=1S/C7H15IN2/c1-6(8)10(9)7-4-2-3-5-7/h6-7H,2-5,9H2,1H3. The van der Waals surface area contributed by atoms with Crippen LogP contribution >= 0.6 is 22.6 Å². The molecule has 0 aliphatic heterocycles. The van der Waals surface area contributed by atoms with Gasteiger partial charge in [-0.15, -0.1) is 0 Å². The molecule has 10 heavy (non-hydrogen) atoms. The fourth-order valence-electron chi connectivity index (χ4n) is 1.49. The molecule has 1 saturated carbocycles. The second-order valence-electron chi connectivity index (χ2n) is 2.96. The van der Waals surface area contributed by atoms with Crippen LogP contribution in [0.25, 0.3) is 0 Å². The molecule has 0 spiro atoms. The van der Waals surface area contributed by atoms with E-state index in [1.165, 1.54) is 25.7 Å². The summed E-state index contributed by atoms with van der Waals surface area (Å²) in [6.45, 7) is 2.14. The number of alkyl halides is 1. The lowest BCUT2D eigenvalue weighted by atomic mass is 10.2. The van der Waals surface area contributed by atoms with Gasteiger partial charge in [0.15, 0.2) is 0 Å². The Morgan fingerprint density at radius 1 is 1.50 bits per heavy atom. The van der Waals surface area contributed by atoms with Gasteiger partial charge in [-0.1, -0.05) is 35.4 Å². The summed E-state index contributed by atoms with van der Waals surface area (Å²) in [5, 5.41) is 1.99. The summed E-state index contributed by atoms with van der Waals surface area (Å²) in [6, 6.07) is 0.659. The summed E-state index contributed by atoms with van der Waals surface area (Å²) in [6.07, 6.45) is 5.32. The SMILES string of the molecule is CC(I)N(N)C1CCCC1. The monoisotopic (exact) mass is 254 g/mol. The molecule has 0 heterocycles. The molecular weight excluding hydrogens is 239 g/mol. The zero-order valence-corrected chi connectivity index (χ0v) is 8.54. The Morgan fingerprint density at radius 2 is 2.00 bits per heavy atom. The first-order valence-electron chi connectivity index (χ1n) is 3.89. The van der Waals surface area contributed by atoms with Crippen molar-refractivity contribution in [1.29, 1.82) is 0 Å². The Hall–Kier alpha value is 0.650. The largest absolute Gasteiger partial charge is 0.268 e. The normalized spacial score (nSPS) is 24.0. The molecule has 2 nitrogen and oxygen atoms in total. The molecule has 60 valence electrons. The quantitative estimate of drug-likeness (QED) is 0.268. The minimum atomic E-state index is 0.473. The molecular formula is C7H15IN2. The van der Waals surface area contributed by atoms with Crippen LogP contribution in [0, 0.1) is 0 Å². The van der Waals surface area contributed by atoms with Gasteiger partial charge in [0.25, 0.3) is 0 Å². The van der Waals surface area contributed by atoms with Crippen LogP contribution in [0.15, 0.2) is 0 Å². The fourth-order valence-corrected chi connectivity index (χ4v) is 1.95. The number of rotatable bonds is 2. The maximum atomic E-state index is 5.85. The summed E-state index contributed by atoms with van der Waals surface area (Å²) in [5.41, 5.74) is 0. The highest BCUT2D eigenvalue weighted by atomic mass is 127. The van der Waals surface area contributed by atoms with Crippen molar-refractivity contribution in [3.05, 3.63) is 0 Å². The van der Waals surface area contributed by atoms with Crippen LogP contribution < -0.4 is 5.84 Å². The summed E-state index contributed by atoms with van der Waals surface area (Å²) in [7, 11) is 0. The molecule has 1 atom stereocenters. The molecule has 0 bridgehead atoms. The van der Waals surface area contributed by atoms with Crippen molar-refractivity contribution in [3.63, 3.8) is 0 Å². The molecule has 1 fully saturated rings. The average molecular weight is 254 g/mol. The van der Waals surface area contributed by atoms with Gasteiger partial charge in [0.2, 0.25) is 0 Å². The second kappa shape index (κ2) is 3.88. The first-order valence-corrected chi connectivity index (χ1v) is 5.13. The number of nitrogens with two attached hydrogens (primary N) is 1. The minimum Gasteiger partial charge on any atom is -0.268 e. The van der Waals surface area contributed by atoms with Crippen molar-refractivity contribution >= 4 is 22.6 Å². The number of hydrogen-bond donors (Lipinski definition) is 1. The summed E-state index contributed by atoms with van der Waals surface area (Å²) in [4.78, 5) is 0. The van der Waals surface area contributed by atoms with Crippen LogP contribution in [0.4, 0.5) is 0 Å². The highest BCUT2D eigenvalue weighted by Crippen LogP contribution is 2.23. The van der Waals surface area contributed by atoms with Gasteiger partial charge in [-0.05, 0) is 19.8 Å². The molecule has 1 rings (SSSR count). The van der Waals surface area contributed by atoms with Crippen LogP contribution in [-0.4, -0.2) is 15.1 Å². The maximum Gasteiger partial charge on any atom is 0.0730 e. The van der Waals surface area contributed by atoms with E-state index in [2.05, 4.69) is 29.5 Å². The summed E-state index contributed by atoms with van der Waals surface area (Å²) >= 11 is 2.36. The Bertz CT molecular complexity index is 99.8. The van der Waals surface area contributed by atoms with Crippen LogP contribution in [0.3, 0.4) is 0 Å². The molecule has 0 aromatic rings. The van der Waals surface area contributed by atoms with Gasteiger partial charge in [-0.25, -0.2) is 5.01 Å². The van der Waals surface area contributed by atoms with Crippen molar-refractivity contribution < 1.29 is 0 Å². The van der Waals surface area contributed by atoms with Crippen molar-refractivity contribution in [1.82, 2.24) is 5.01 Å². The molecule has 2 N–H and O–H groups in total. The second-order valence-corrected chi connectivity index (χ2v) is 4.76. The zero-order valence-electron chi connectivity index (χ0n) is 6.39. The van der Waals surface area contributed by atoms with E-state index in [1.807, 2.05) is 5.01 Å². The Kier molecular flexibility index (Phi) is 3.39. The van der Waals surface area contributed by atoms with Crippen molar-refractivity contribution in [2.75, 3.05) is 0 Å². The molecule has 1 unspecified atom stereocenters. The van der Waals surface area contributed by atoms with Gasteiger partial charge in [0.1, 0.15) is 0 Å². The first kappa shape index (κ1) is 8.74. The van der Waals surface area contributed by atoms with Crippen LogP contribution in [0.1, 0.15) is 32.6 Å². The predicted molar refractivity (Wildman–Crippen MR) is 51.8 cm³/mol. The Morgan fingerprint density at radius 3 is 2.40 bits per heavy atom. The highest BCUT2D eigenvalue weighted by Gasteiger charge is 2.21. The molecule has 0 aromatic carbocycles. The number of nitrogens with zero attached hydrogens (tertiary/aromatic N) is 1. The van der Waals surface area contributed by atoms with E-state index < -0.39 is 0 Å². The van der Waals surface area contributed by atoms with Gasteiger partial charge in [-0.2, -0.15) is 0 Å². The van der Waals surface area contributed by atoms with Crippen molar-refractivity contribution in [2.45, 2.75) is 42.7 Å². The van der Waals surface area contributed by atoms with Gasteiger partial charge >= 0.3 is 0 Å². The lowest BCUT2D eigenvalue weighted by molar-refractivity contribution is 0.204. The Labute approximate surface area is 76.3 Å². The molecule has 0 amide bonds. The number of halogens is 1. The molecule has 3 heteroatoms. The van der Waals surface area contributed by atoms with E-state index in [4.69, 9.17) is 5.84 Å². The van der Waals surface area contributed by atoms with Crippen molar-refractivity contribution in [2.24, 2.45) is 5.84 Å². The average Bonchev–Trinajstić information content (AvgIpc) is 2.36. The molecule has 1 aliphatic rings. The third kappa shape index (κ3) is 2.07. The Balaban J connectivity index is 2.32. The topological polar surface area (TPSA) is 29.3 Å². The predicted octanol–water partition coefficient (Wildman–Crippen LogP) is 1.89. The fraction of sp³-hybridized carbons (Fsp3) is 1.00. The van der Waals surface area contributed by atoms with E-state index >= 15 is 0 Å². The summed E-state index contributed by atoms with van der Waals surface area (Å²) < 4.78 is 0.473. The van der Waals surface area contributed by atoms with E-state index in [0.717, 1.165) is 0 Å². The smallest absolute Gasteiger partial charge is 0.0730 e. The molecule has 1 aliphatic carbocycles. The third-order valence-electron chi connectivity index (χ3n) is 2.16.